The summed E-state index contributed by atoms with van der Waals surface area (Å²) in [4.78, 5) is 17.5. The fourth-order valence-corrected chi connectivity index (χ4v) is 5.32. The number of aryl methyl sites for hydroxylation is 1. The molecule has 1 aliphatic heterocycles. The van der Waals surface area contributed by atoms with Crippen molar-refractivity contribution < 1.29 is 23.4 Å². The molecule has 1 aromatic heterocycles. The molecule has 0 bridgehead atoms. The van der Waals surface area contributed by atoms with Gasteiger partial charge in [-0.3, -0.25) is 9.36 Å². The van der Waals surface area contributed by atoms with Crippen LogP contribution in [0.15, 0.2) is 54.9 Å². The number of fused-ring (bicyclic) bond motifs is 1. The van der Waals surface area contributed by atoms with E-state index in [2.05, 4.69) is 5.32 Å². The van der Waals surface area contributed by atoms with Gasteiger partial charge in [0.2, 0.25) is 0 Å². The van der Waals surface area contributed by atoms with E-state index >= 15 is 0 Å². The highest BCUT2D eigenvalue weighted by Gasteiger charge is 2.25. The molecule has 2 heterocycles. The maximum absolute atomic E-state index is 14.8. The Labute approximate surface area is 233 Å². The molecule has 0 spiro atoms. The van der Waals surface area contributed by atoms with Gasteiger partial charge in [0.15, 0.2) is 17.3 Å². The lowest BCUT2D eigenvalue weighted by molar-refractivity contribution is 0.0699. The Balaban J connectivity index is 1.35. The largest absolute Gasteiger partial charge is 0.497 e. The van der Waals surface area contributed by atoms with Crippen molar-refractivity contribution in [3.05, 3.63) is 71.8 Å². The minimum atomic E-state index is -0.508. The molecular formula is C32H34FN3O4. The summed E-state index contributed by atoms with van der Waals surface area (Å²) in [7, 11) is 1.50. The minimum absolute atomic E-state index is 0.107. The van der Waals surface area contributed by atoms with Gasteiger partial charge in [-0.2, -0.15) is 0 Å². The number of carbonyl (C=O) groups excluding carboxylic acids is 1. The maximum atomic E-state index is 14.8. The Bertz CT molecular complexity index is 1540. The second-order valence-corrected chi connectivity index (χ2v) is 10.9. The number of ketones is 1. The SMILES string of the molecule is COc1ccc(Oc2cc(NCC3CCOCC3)c3ncn(-c4ccc(C(=O)CC5CC5)c(C)c4)c3c2)c(F)c1. The Morgan fingerprint density at radius 3 is 2.60 bits per heavy atom. The first-order valence-electron chi connectivity index (χ1n) is 14.0. The average Bonchev–Trinajstić information content (AvgIpc) is 3.68. The summed E-state index contributed by atoms with van der Waals surface area (Å²) in [6.07, 6.45) is 6.71. The molecule has 3 aromatic carbocycles. The summed E-state index contributed by atoms with van der Waals surface area (Å²) in [5, 5.41) is 3.57. The van der Waals surface area contributed by atoms with Crippen molar-refractivity contribution in [2.75, 3.05) is 32.2 Å². The van der Waals surface area contributed by atoms with Gasteiger partial charge in [-0.25, -0.2) is 9.37 Å². The third-order valence-electron chi connectivity index (χ3n) is 7.87. The van der Waals surface area contributed by atoms with Crippen LogP contribution in [0, 0.1) is 24.6 Å². The van der Waals surface area contributed by atoms with Gasteiger partial charge >= 0.3 is 0 Å². The summed E-state index contributed by atoms with van der Waals surface area (Å²) < 4.78 is 33.4. The molecule has 8 heteroatoms. The fraction of sp³-hybridized carbons (Fsp3) is 0.375. The van der Waals surface area contributed by atoms with Crippen LogP contribution in [0.25, 0.3) is 16.7 Å². The third-order valence-corrected chi connectivity index (χ3v) is 7.87. The van der Waals surface area contributed by atoms with Crippen LogP contribution >= 0.6 is 0 Å². The lowest BCUT2D eigenvalue weighted by Crippen LogP contribution is -2.22. The summed E-state index contributed by atoms with van der Waals surface area (Å²) in [6.45, 7) is 4.30. The molecule has 0 atom stereocenters. The lowest BCUT2D eigenvalue weighted by atomic mass is 10.00. The molecule has 4 aromatic rings. The molecule has 7 nitrogen and oxygen atoms in total. The van der Waals surface area contributed by atoms with E-state index in [1.54, 1.807) is 18.5 Å². The quantitative estimate of drug-likeness (QED) is 0.215. The lowest BCUT2D eigenvalue weighted by Gasteiger charge is -2.23. The number of ether oxygens (including phenoxy) is 3. The van der Waals surface area contributed by atoms with E-state index in [0.717, 1.165) is 79.0 Å². The van der Waals surface area contributed by atoms with Crippen LogP contribution in [0.4, 0.5) is 10.1 Å². The van der Waals surface area contributed by atoms with Gasteiger partial charge in [-0.15, -0.1) is 0 Å². The van der Waals surface area contributed by atoms with Crippen LogP contribution in [0.1, 0.15) is 48.0 Å². The van der Waals surface area contributed by atoms with Gasteiger partial charge in [0, 0.05) is 55.6 Å². The number of halogens is 1. The molecule has 1 saturated carbocycles. The first-order chi connectivity index (χ1) is 19.5. The molecule has 0 unspecified atom stereocenters. The number of nitrogens with zero attached hydrogens (tertiary/aromatic N) is 2. The van der Waals surface area contributed by atoms with Crippen molar-refractivity contribution in [2.45, 2.75) is 39.0 Å². The zero-order valence-electron chi connectivity index (χ0n) is 22.9. The van der Waals surface area contributed by atoms with E-state index in [-0.39, 0.29) is 11.5 Å². The number of imidazole rings is 1. The van der Waals surface area contributed by atoms with Gasteiger partial charge in [0.25, 0.3) is 0 Å². The van der Waals surface area contributed by atoms with E-state index in [0.29, 0.717) is 29.8 Å². The van der Waals surface area contributed by atoms with Gasteiger partial charge in [0.05, 0.1) is 18.3 Å². The Morgan fingerprint density at radius 2 is 1.88 bits per heavy atom. The fourth-order valence-electron chi connectivity index (χ4n) is 5.32. The monoisotopic (exact) mass is 543 g/mol. The Kier molecular flexibility index (Phi) is 7.43. The number of aromatic nitrogens is 2. The zero-order chi connectivity index (χ0) is 27.6. The molecule has 1 N–H and O–H groups in total. The van der Waals surface area contributed by atoms with Crippen LogP contribution in [0.3, 0.4) is 0 Å². The number of benzene rings is 3. The number of anilines is 1. The molecule has 6 rings (SSSR count). The molecule has 0 radical (unpaired) electrons. The Hall–Kier alpha value is -3.91. The van der Waals surface area contributed by atoms with Crippen LogP contribution in [0.5, 0.6) is 17.2 Å². The van der Waals surface area contributed by atoms with Crippen LogP contribution < -0.4 is 14.8 Å². The van der Waals surface area contributed by atoms with Gasteiger partial charge in [-0.05, 0) is 80.3 Å². The average molecular weight is 544 g/mol. The molecule has 1 saturated heterocycles. The number of carbonyl (C=O) groups is 1. The van der Waals surface area contributed by atoms with Gasteiger partial charge < -0.3 is 19.5 Å². The topological polar surface area (TPSA) is 74.6 Å². The van der Waals surface area contributed by atoms with Gasteiger partial charge in [-0.1, -0.05) is 0 Å². The number of nitrogens with one attached hydrogen (secondary N) is 1. The Morgan fingerprint density at radius 1 is 1.05 bits per heavy atom. The van der Waals surface area contributed by atoms with E-state index in [9.17, 15) is 9.18 Å². The number of Topliss-reactive ketones (excluding diaryl/α,β-unsaturated/α-hetero) is 1. The van der Waals surface area contributed by atoms with Crippen molar-refractivity contribution >= 4 is 22.5 Å². The minimum Gasteiger partial charge on any atom is -0.497 e. The number of hydrogen-bond acceptors (Lipinski definition) is 6. The zero-order valence-corrected chi connectivity index (χ0v) is 22.9. The number of hydrogen-bond donors (Lipinski definition) is 1. The standard InChI is InChI=1S/C32H34FN3O4/c1-20-13-23(5-7-26(20)30(37)14-21-3-4-21)36-19-35-32-28(34-18-22-9-11-39-12-10-22)16-25(17-29(32)36)40-31-8-6-24(38-2)15-27(31)33/h5-8,13,15-17,19,21-22,34H,3-4,9-12,14,18H2,1-2H3. The highest BCUT2D eigenvalue weighted by atomic mass is 19.1. The van der Waals surface area contributed by atoms with Crippen molar-refractivity contribution in [2.24, 2.45) is 11.8 Å². The first kappa shape index (κ1) is 26.3. The summed E-state index contributed by atoms with van der Waals surface area (Å²) in [5.41, 5.74) is 5.04. The predicted molar refractivity (Wildman–Crippen MR) is 153 cm³/mol. The first-order valence-corrected chi connectivity index (χ1v) is 14.0. The second kappa shape index (κ2) is 11.3. The predicted octanol–water partition coefficient (Wildman–Crippen LogP) is 7.10. The molecular weight excluding hydrogens is 509 g/mol. The van der Waals surface area contributed by atoms with E-state index in [4.69, 9.17) is 19.2 Å². The van der Waals surface area contributed by atoms with Crippen LogP contribution in [-0.4, -0.2) is 42.2 Å². The van der Waals surface area contributed by atoms with Crippen molar-refractivity contribution in [1.29, 1.82) is 0 Å². The van der Waals surface area contributed by atoms with Crippen molar-refractivity contribution in [3.8, 4) is 22.9 Å². The van der Waals surface area contributed by atoms with Gasteiger partial charge in [0.1, 0.15) is 23.3 Å². The molecule has 2 aliphatic rings. The van der Waals surface area contributed by atoms with Crippen molar-refractivity contribution in [3.63, 3.8) is 0 Å². The van der Waals surface area contributed by atoms with Crippen molar-refractivity contribution in [1.82, 2.24) is 9.55 Å². The van der Waals surface area contributed by atoms with E-state index in [1.807, 2.05) is 41.8 Å². The van der Waals surface area contributed by atoms with E-state index in [1.165, 1.54) is 13.2 Å². The molecule has 40 heavy (non-hydrogen) atoms. The molecule has 2 fully saturated rings. The number of methoxy groups -OCH3 is 1. The van der Waals surface area contributed by atoms with E-state index < -0.39 is 5.82 Å². The maximum Gasteiger partial charge on any atom is 0.169 e. The number of rotatable bonds is 10. The highest BCUT2D eigenvalue weighted by molar-refractivity contribution is 5.98. The summed E-state index contributed by atoms with van der Waals surface area (Å²) >= 11 is 0. The molecule has 0 amide bonds. The van der Waals surface area contributed by atoms with Crippen LogP contribution in [0.2, 0.25) is 0 Å². The normalized spacial score (nSPS) is 15.8. The highest BCUT2D eigenvalue weighted by Crippen LogP contribution is 2.36. The second-order valence-electron chi connectivity index (χ2n) is 10.9. The van der Waals surface area contributed by atoms with Crippen LogP contribution in [-0.2, 0) is 4.74 Å². The summed E-state index contributed by atoms with van der Waals surface area (Å²) in [5.74, 6) is 1.76. The smallest absolute Gasteiger partial charge is 0.169 e. The summed E-state index contributed by atoms with van der Waals surface area (Å²) in [6, 6.07) is 14.2. The third kappa shape index (κ3) is 5.68. The molecule has 1 aliphatic carbocycles. The molecule has 208 valence electrons.